The second-order valence-corrected chi connectivity index (χ2v) is 28.9. The number of carbonyl (C=O) groups excluding carboxylic acids is 9. The van der Waals surface area contributed by atoms with E-state index in [0.29, 0.717) is 53.9 Å². The van der Waals surface area contributed by atoms with Gasteiger partial charge in [0.15, 0.2) is 0 Å². The zero-order valence-corrected chi connectivity index (χ0v) is 70.9. The normalized spacial score (nSPS) is 16.2. The zero-order valence-electron chi connectivity index (χ0n) is 70.9. The summed E-state index contributed by atoms with van der Waals surface area (Å²) in [7, 11) is 0. The number of rotatable bonds is 19. The first-order valence-electron chi connectivity index (χ1n) is 40.8. The number of carbonyl (C=O) groups is 9. The van der Waals surface area contributed by atoms with E-state index in [9.17, 15) is 33.6 Å². The number of furan rings is 1. The number of nitrogens with zero attached hydrogens (tertiary/aromatic N) is 5. The Balaban J connectivity index is 0.675. The van der Waals surface area contributed by atoms with Crippen LogP contribution in [0.1, 0.15) is 106 Å². The number of fused-ring (bicyclic) bond motifs is 4. The van der Waals surface area contributed by atoms with Gasteiger partial charge in [0.1, 0.15) is 90.8 Å². The van der Waals surface area contributed by atoms with Crippen LogP contribution in [0, 0.1) is 269 Å². The summed E-state index contributed by atoms with van der Waals surface area (Å²) in [4.78, 5) is 134. The molecule has 7 atom stereocenters. The number of likely N-dealkylation sites (tertiary alicyclic amines) is 5. The molecule has 6 heterocycles. The molecule has 634 valence electrons. The fourth-order valence-corrected chi connectivity index (χ4v) is 15.1. The Morgan fingerprint density at radius 1 is 0.427 bits per heavy atom. The van der Waals surface area contributed by atoms with Crippen molar-refractivity contribution in [1.82, 2.24) is 40.4 Å². The highest BCUT2D eigenvalue weighted by atomic mass is 16.6. The quantitative estimate of drug-likeness (QED) is 0.0683. The lowest BCUT2D eigenvalue weighted by atomic mass is 9.98. The van der Waals surface area contributed by atoms with Gasteiger partial charge in [-0.25, -0.2) is 4.79 Å². The Labute approximate surface area is 760 Å². The first-order chi connectivity index (χ1) is 64.0. The summed E-state index contributed by atoms with van der Waals surface area (Å²) in [6.45, 7) is 4.57. The van der Waals surface area contributed by atoms with Gasteiger partial charge in [0, 0.05) is 236 Å². The number of nitrogens with one attached hydrogen (secondary N) is 3. The van der Waals surface area contributed by atoms with Crippen molar-refractivity contribution in [3.63, 3.8) is 0 Å². The van der Waals surface area contributed by atoms with Crippen LogP contribution in [0.15, 0.2) is 89.3 Å². The molecule has 23 heteroatoms. The summed E-state index contributed by atoms with van der Waals surface area (Å²) < 4.78 is 35.5. The van der Waals surface area contributed by atoms with Gasteiger partial charge in [-0.15, -0.1) is 12.8 Å². The second-order valence-electron chi connectivity index (χ2n) is 28.9. The standard InChI is InChI=1S/C108H72N8O15/c1-6-8-10-12-14-16-18-20-22-24-26-28-30-32-34-36-38-40-42-48-67-126-87-69-83(70-88(73-87)127-68-49-43-41-39-37-35-33-31-29-27-25-23-21-19-17-15-13-11-9-7-2)77-128-86-60-61-89-80(3)101(131-100(89)74-86)79-129-102(119)62-63-109-103(120)95-57-50-64-112(95)106(123)98-71-84(110-81(4)117)75-115(98)104(121)96-58-51-65-113(96)107(124)99-72-85(111-82(5)118)76-116(99)105(122)97-59-52-66-114(97)108(125)130-78-94-92-55-46-44-53-90(92)91-54-45-47-56-93(91)94/h1-2,44-47,53-56,60-61,69-70,73-74,84-85,94-99H,50-52,57-59,62-66,71-72,75-79H2,3-5H3,(H,109,120)(H,110,117)(H,111,118)/t84-,85-,95-,96-,97-,98-,99-/m0/s1. The fraction of sp³-hybridized carbons (Fsp3) is 0.269. The topological polar surface area (TPSA) is 265 Å². The van der Waals surface area contributed by atoms with Gasteiger partial charge in [0.05, 0.1) is 6.42 Å². The molecule has 5 aromatic rings. The highest BCUT2D eigenvalue weighted by Gasteiger charge is 2.52. The van der Waals surface area contributed by atoms with Crippen LogP contribution in [0.3, 0.4) is 0 Å². The Bertz CT molecular complexity index is 6770. The summed E-state index contributed by atoms with van der Waals surface area (Å²) in [6.07, 6.45) is 16.4. The number of amides is 8. The molecule has 23 nitrogen and oxygen atoms in total. The number of hydrogen-bond donors (Lipinski definition) is 3. The summed E-state index contributed by atoms with van der Waals surface area (Å²) in [6, 6.07) is 19.4. The third-order valence-corrected chi connectivity index (χ3v) is 20.5. The van der Waals surface area contributed by atoms with E-state index >= 15 is 9.59 Å². The minimum absolute atomic E-state index is 0.0192. The van der Waals surface area contributed by atoms with Crippen molar-refractivity contribution >= 4 is 64.4 Å². The fourth-order valence-electron chi connectivity index (χ4n) is 15.1. The van der Waals surface area contributed by atoms with Crippen LogP contribution in [0.2, 0.25) is 0 Å². The Kier molecular flexibility index (Phi) is 34.6. The SMILES string of the molecule is C#CC#CC#CC#CC#CC#CC#CC#CC#CC#CC#COc1cc(COc2ccc3c(C)c(COC(=O)CCNC(=O)[C@@H]4CCCN4C(=O)[C@@H]4C[C@H](NC(C)=O)CN4C(=O)[C@@H]4CCCN4C(=O)[C@@H]4C[C@H](NC(C)=O)CN4C(=O)[C@@H]4CCCN4C(=O)OCC4c5ccccc5-c5ccccc54)oc3c2)cc(OC#CC#CC#CC#CC#CC#CC#CC#CC#CC#CC#C)c1. The highest BCUT2D eigenvalue weighted by Crippen LogP contribution is 2.45. The van der Waals surface area contributed by atoms with Crippen LogP contribution in [0.5, 0.6) is 17.2 Å². The molecule has 5 fully saturated rings. The molecule has 0 radical (unpaired) electrons. The van der Waals surface area contributed by atoms with Crippen molar-refractivity contribution in [3.8, 4) is 290 Å². The maximum absolute atomic E-state index is 15.2. The summed E-state index contributed by atoms with van der Waals surface area (Å²) in [5.74, 6) is 96.2. The van der Waals surface area contributed by atoms with Gasteiger partial charge in [-0.05, 0) is 205 Å². The van der Waals surface area contributed by atoms with Crippen LogP contribution in [0.4, 0.5) is 4.79 Å². The molecular formula is C108H72N8O15. The van der Waals surface area contributed by atoms with Crippen LogP contribution in [-0.4, -0.2) is 166 Å². The number of hydrogen-bond acceptors (Lipinski definition) is 15. The third-order valence-electron chi connectivity index (χ3n) is 20.5. The zero-order chi connectivity index (χ0) is 92.3. The molecule has 1 aromatic heterocycles. The molecule has 11 rings (SSSR count). The van der Waals surface area contributed by atoms with Crippen molar-refractivity contribution in [2.75, 3.05) is 45.9 Å². The monoisotopic (exact) mass is 1720 g/mol. The van der Waals surface area contributed by atoms with E-state index in [1.54, 1.807) is 30.3 Å². The molecule has 0 saturated carbocycles. The molecule has 0 bridgehead atoms. The van der Waals surface area contributed by atoms with Crippen LogP contribution >= 0.6 is 0 Å². The van der Waals surface area contributed by atoms with E-state index in [2.05, 4.69) is 265 Å². The van der Waals surface area contributed by atoms with Gasteiger partial charge < -0.3 is 63.7 Å². The minimum atomic E-state index is -1.14. The van der Waals surface area contributed by atoms with E-state index < -0.39 is 83.9 Å². The van der Waals surface area contributed by atoms with Gasteiger partial charge >= 0.3 is 12.1 Å². The Morgan fingerprint density at radius 3 is 1.27 bits per heavy atom. The maximum atomic E-state index is 15.2. The molecule has 5 aliphatic heterocycles. The summed E-state index contributed by atoms with van der Waals surface area (Å²) in [5.41, 5.74) is 5.88. The molecule has 8 amide bonds. The lowest BCUT2D eigenvalue weighted by molar-refractivity contribution is -0.153. The van der Waals surface area contributed by atoms with E-state index in [1.807, 2.05) is 55.5 Å². The number of benzene rings is 4. The van der Waals surface area contributed by atoms with Crippen LogP contribution in [0.25, 0.3) is 22.1 Å². The predicted octanol–water partition coefficient (Wildman–Crippen LogP) is 5.48. The van der Waals surface area contributed by atoms with Crippen molar-refractivity contribution < 1.29 is 71.3 Å². The van der Waals surface area contributed by atoms with E-state index in [1.165, 1.54) is 44.4 Å². The molecule has 0 spiro atoms. The average molecular weight is 1720 g/mol. The molecule has 3 N–H and O–H groups in total. The van der Waals surface area contributed by atoms with Crippen molar-refractivity contribution in [1.29, 1.82) is 0 Å². The first-order valence-corrected chi connectivity index (χ1v) is 40.8. The third kappa shape index (κ3) is 27.1. The number of terminal acetylenes is 2. The van der Waals surface area contributed by atoms with Crippen LogP contribution in [-0.2, 0) is 61.0 Å². The molecule has 4 aromatic carbocycles. The van der Waals surface area contributed by atoms with Crippen molar-refractivity contribution in [2.45, 2.75) is 140 Å². The molecule has 5 saturated heterocycles. The second kappa shape index (κ2) is 48.9. The van der Waals surface area contributed by atoms with Crippen molar-refractivity contribution in [2.24, 2.45) is 0 Å². The molecule has 131 heavy (non-hydrogen) atoms. The van der Waals surface area contributed by atoms with E-state index in [-0.39, 0.29) is 120 Å². The van der Waals surface area contributed by atoms with E-state index in [0.717, 1.165) is 27.6 Å². The highest BCUT2D eigenvalue weighted by molar-refractivity contribution is 5.98. The van der Waals surface area contributed by atoms with Gasteiger partial charge in [0.25, 0.3) is 0 Å². The number of ether oxygens (including phenoxy) is 5. The largest absolute Gasteiger partial charge is 0.489 e. The van der Waals surface area contributed by atoms with Gasteiger partial charge in [0.2, 0.25) is 41.4 Å². The number of esters is 1. The summed E-state index contributed by atoms with van der Waals surface area (Å²) in [5, 5.41) is 9.23. The Morgan fingerprint density at radius 2 is 0.824 bits per heavy atom. The lowest BCUT2D eigenvalue weighted by Gasteiger charge is -2.36. The molecular weight excluding hydrogens is 1650 g/mol. The molecule has 1 aliphatic carbocycles. The van der Waals surface area contributed by atoms with Crippen molar-refractivity contribution in [3.05, 3.63) is 113 Å². The van der Waals surface area contributed by atoms with E-state index in [4.69, 9.17) is 40.9 Å². The minimum Gasteiger partial charge on any atom is -0.489 e. The smallest absolute Gasteiger partial charge is 0.410 e. The van der Waals surface area contributed by atoms with Gasteiger partial charge in [-0.2, -0.15) is 0 Å². The van der Waals surface area contributed by atoms with Gasteiger partial charge in [-0.3, -0.25) is 43.3 Å². The lowest BCUT2D eigenvalue weighted by Crippen LogP contribution is -2.58. The maximum Gasteiger partial charge on any atom is 0.410 e. The number of aryl methyl sites for hydroxylation is 1. The summed E-state index contributed by atoms with van der Waals surface area (Å²) >= 11 is 0. The average Bonchev–Trinajstić information content (AvgIpc) is 1.68. The molecule has 0 unspecified atom stereocenters. The molecule has 6 aliphatic rings. The first kappa shape index (κ1) is 92.9. The van der Waals surface area contributed by atoms with Crippen LogP contribution < -0.4 is 30.2 Å². The van der Waals surface area contributed by atoms with Gasteiger partial charge in [-0.1, -0.05) is 48.5 Å². The predicted molar refractivity (Wildman–Crippen MR) is 483 cm³/mol. The Hall–Kier alpha value is -18.8.